The molecule has 35 heavy (non-hydrogen) atoms. The molecule has 1 atom stereocenters. The second kappa shape index (κ2) is 9.53. The number of hydrogen-bond donors (Lipinski definition) is 1. The number of anilines is 1. The van der Waals surface area contributed by atoms with Crippen LogP contribution >= 0.6 is 0 Å². The molecule has 1 unspecified atom stereocenters. The van der Waals surface area contributed by atoms with Gasteiger partial charge in [-0.2, -0.15) is 5.10 Å². The number of carbonyl (C=O) groups is 1. The van der Waals surface area contributed by atoms with Crippen LogP contribution in [0.2, 0.25) is 0 Å². The molecule has 3 aromatic heterocycles. The van der Waals surface area contributed by atoms with E-state index < -0.39 is 22.5 Å². The van der Waals surface area contributed by atoms with Gasteiger partial charge >= 0.3 is 0 Å². The van der Waals surface area contributed by atoms with Crippen LogP contribution in [0.3, 0.4) is 0 Å². The summed E-state index contributed by atoms with van der Waals surface area (Å²) < 4.78 is 34.2. The fourth-order valence-corrected chi connectivity index (χ4v) is 4.24. The average molecular weight is 496 g/mol. The van der Waals surface area contributed by atoms with Crippen LogP contribution in [0.5, 0.6) is 11.5 Å². The van der Waals surface area contributed by atoms with Gasteiger partial charge in [-0.3, -0.25) is 23.7 Å². The highest BCUT2D eigenvalue weighted by molar-refractivity contribution is 7.84. The first kappa shape index (κ1) is 24.5. The molecule has 1 aromatic carbocycles. The van der Waals surface area contributed by atoms with Crippen molar-refractivity contribution >= 4 is 33.4 Å². The molecule has 0 aliphatic rings. The summed E-state index contributed by atoms with van der Waals surface area (Å²) in [5.74, 6) is -0.0909. The third kappa shape index (κ3) is 5.54. The van der Waals surface area contributed by atoms with Crippen molar-refractivity contribution in [1.82, 2.24) is 19.7 Å². The van der Waals surface area contributed by atoms with Crippen molar-refractivity contribution in [2.24, 2.45) is 7.05 Å². The molecule has 0 saturated heterocycles. The molecule has 0 aliphatic carbocycles. The van der Waals surface area contributed by atoms with Crippen molar-refractivity contribution < 1.29 is 18.1 Å². The van der Waals surface area contributed by atoms with Gasteiger partial charge < -0.3 is 10.1 Å². The van der Waals surface area contributed by atoms with Gasteiger partial charge in [0.1, 0.15) is 17.3 Å². The Morgan fingerprint density at radius 1 is 1.17 bits per heavy atom. The Bertz CT molecular complexity index is 1450. The third-order valence-corrected chi connectivity index (χ3v) is 6.29. The number of rotatable bonds is 6. The highest BCUT2D eigenvalue weighted by atomic mass is 32.2. The predicted molar refractivity (Wildman–Crippen MR) is 133 cm³/mol. The predicted octanol–water partition coefficient (Wildman–Crippen LogP) is 4.51. The number of carbonyl (C=O) groups excluding carboxylic acids is 1. The molecule has 0 bridgehead atoms. The van der Waals surface area contributed by atoms with Crippen LogP contribution in [0.25, 0.3) is 10.9 Å². The minimum Gasteiger partial charge on any atom is -0.455 e. The van der Waals surface area contributed by atoms with Crippen LogP contribution in [0.1, 0.15) is 32.2 Å². The maximum Gasteiger partial charge on any atom is 0.231 e. The van der Waals surface area contributed by atoms with Crippen molar-refractivity contribution in [3.63, 3.8) is 0 Å². The second-order valence-corrected chi connectivity index (χ2v) is 10.5. The highest BCUT2D eigenvalue weighted by Crippen LogP contribution is 2.30. The van der Waals surface area contributed by atoms with Crippen molar-refractivity contribution in [3.8, 4) is 11.5 Å². The van der Waals surface area contributed by atoms with Gasteiger partial charge in [0, 0.05) is 63.8 Å². The van der Waals surface area contributed by atoms with E-state index in [1.807, 2.05) is 7.05 Å². The lowest BCUT2D eigenvalue weighted by atomic mass is 9.92. The number of benzene rings is 1. The quantitative estimate of drug-likeness (QED) is 0.423. The van der Waals surface area contributed by atoms with E-state index in [0.717, 1.165) is 5.69 Å². The largest absolute Gasteiger partial charge is 0.455 e. The molecule has 0 aliphatic heterocycles. The van der Waals surface area contributed by atoms with E-state index in [1.165, 1.54) is 12.3 Å². The Morgan fingerprint density at radius 2 is 1.94 bits per heavy atom. The standard InChI is InChI=1S/C25H26FN5O3S/c1-25(2,3)22-13-23(30-31(22)4)29-24(32)12-20-18(26)10-15(14-28-20)34-21-8-9-27-19-7-6-16(35(5)33)11-17(19)21/h6-11,13-14H,12H2,1-5H3,(H,29,30,32). The number of pyridine rings is 2. The smallest absolute Gasteiger partial charge is 0.231 e. The number of nitrogens with zero attached hydrogens (tertiary/aromatic N) is 4. The molecule has 4 aromatic rings. The second-order valence-electron chi connectivity index (χ2n) is 9.16. The molecule has 0 fully saturated rings. The first-order valence-electron chi connectivity index (χ1n) is 10.9. The van der Waals surface area contributed by atoms with Gasteiger partial charge in [-0.25, -0.2) is 4.39 Å². The normalized spacial score (nSPS) is 12.5. The highest BCUT2D eigenvalue weighted by Gasteiger charge is 2.20. The molecule has 182 valence electrons. The van der Waals surface area contributed by atoms with E-state index in [-0.39, 0.29) is 23.3 Å². The number of hydrogen-bond acceptors (Lipinski definition) is 6. The summed E-state index contributed by atoms with van der Waals surface area (Å²) in [7, 11) is 0.639. The minimum atomic E-state index is -1.17. The fourth-order valence-electron chi connectivity index (χ4n) is 3.70. The van der Waals surface area contributed by atoms with Crippen molar-refractivity contribution in [1.29, 1.82) is 0 Å². The summed E-state index contributed by atoms with van der Waals surface area (Å²) in [6.07, 6.45) is 4.27. The number of ether oxygens (including phenoxy) is 1. The zero-order valence-corrected chi connectivity index (χ0v) is 20.9. The van der Waals surface area contributed by atoms with Gasteiger partial charge in [-0.1, -0.05) is 20.8 Å². The van der Waals surface area contributed by atoms with Gasteiger partial charge in [0.15, 0.2) is 5.82 Å². The molecule has 1 N–H and O–H groups in total. The Balaban J connectivity index is 1.49. The molecule has 0 saturated carbocycles. The van der Waals surface area contributed by atoms with E-state index in [4.69, 9.17) is 4.74 Å². The Hall–Kier alpha value is -3.66. The van der Waals surface area contributed by atoms with Crippen molar-refractivity contribution in [2.45, 2.75) is 37.5 Å². The van der Waals surface area contributed by atoms with Crippen LogP contribution < -0.4 is 10.1 Å². The molecule has 4 rings (SSSR count). The SMILES string of the molecule is Cn1nc(NC(=O)Cc2ncc(Oc3ccnc4ccc(S(C)=O)cc34)cc2F)cc1C(C)(C)C. The van der Waals surface area contributed by atoms with Gasteiger partial charge in [0.05, 0.1) is 23.8 Å². The monoisotopic (exact) mass is 495 g/mol. The number of fused-ring (bicyclic) bond motifs is 1. The molecule has 8 nitrogen and oxygen atoms in total. The van der Waals surface area contributed by atoms with Crippen molar-refractivity contribution in [2.75, 3.05) is 11.6 Å². The third-order valence-electron chi connectivity index (χ3n) is 5.37. The minimum absolute atomic E-state index is 0.00919. The van der Waals surface area contributed by atoms with E-state index in [1.54, 1.807) is 47.5 Å². The Morgan fingerprint density at radius 3 is 2.60 bits per heavy atom. The molecule has 3 heterocycles. The zero-order valence-electron chi connectivity index (χ0n) is 20.1. The van der Waals surface area contributed by atoms with Crippen molar-refractivity contribution in [3.05, 3.63) is 66.0 Å². The van der Waals surface area contributed by atoms with E-state index in [2.05, 4.69) is 41.2 Å². The Labute approximate surface area is 205 Å². The van der Waals surface area contributed by atoms with Gasteiger partial charge in [0.25, 0.3) is 0 Å². The molecule has 1 amide bonds. The van der Waals surface area contributed by atoms with Crippen LogP contribution in [0.15, 0.2) is 53.7 Å². The summed E-state index contributed by atoms with van der Waals surface area (Å²) in [6.45, 7) is 6.16. The van der Waals surface area contributed by atoms with E-state index >= 15 is 0 Å². The molecule has 10 heteroatoms. The van der Waals surface area contributed by atoms with Gasteiger partial charge in [-0.15, -0.1) is 0 Å². The maximum atomic E-state index is 14.8. The summed E-state index contributed by atoms with van der Waals surface area (Å²) in [5.41, 5.74) is 1.47. The van der Waals surface area contributed by atoms with Gasteiger partial charge in [-0.05, 0) is 24.3 Å². The Kier molecular flexibility index (Phi) is 6.66. The molecule has 0 radical (unpaired) electrons. The zero-order chi connectivity index (χ0) is 25.3. The summed E-state index contributed by atoms with van der Waals surface area (Å²) in [6, 6.07) is 9.86. The lowest BCUT2D eigenvalue weighted by Crippen LogP contribution is -2.16. The first-order valence-corrected chi connectivity index (χ1v) is 12.5. The summed E-state index contributed by atoms with van der Waals surface area (Å²) in [4.78, 5) is 21.5. The molecular weight excluding hydrogens is 469 g/mol. The topological polar surface area (TPSA) is 99.0 Å². The number of aromatic nitrogens is 4. The van der Waals surface area contributed by atoms with E-state index in [9.17, 15) is 13.4 Å². The summed E-state index contributed by atoms with van der Waals surface area (Å²) >= 11 is 0. The maximum absolute atomic E-state index is 14.8. The van der Waals surface area contributed by atoms with Crippen LogP contribution in [0.4, 0.5) is 10.2 Å². The number of aryl methyl sites for hydroxylation is 1. The molecular formula is C25H26FN5O3S. The average Bonchev–Trinajstić information content (AvgIpc) is 3.16. The number of amides is 1. The molecule has 0 spiro atoms. The number of nitrogens with one attached hydrogen (secondary N) is 1. The van der Waals surface area contributed by atoms with Gasteiger partial charge in [0.2, 0.25) is 5.91 Å². The lowest BCUT2D eigenvalue weighted by Gasteiger charge is -2.17. The van der Waals surface area contributed by atoms with E-state index in [0.29, 0.717) is 27.4 Å². The fraction of sp³-hybridized carbons (Fsp3) is 0.280. The van der Waals surface area contributed by atoms with Crippen LogP contribution in [0, 0.1) is 5.82 Å². The first-order chi connectivity index (χ1) is 16.5. The van der Waals surface area contributed by atoms with Crippen LogP contribution in [-0.2, 0) is 34.5 Å². The van der Waals surface area contributed by atoms with Crippen LogP contribution in [-0.4, -0.2) is 36.1 Å². The summed E-state index contributed by atoms with van der Waals surface area (Å²) in [5, 5.41) is 7.66. The lowest BCUT2D eigenvalue weighted by molar-refractivity contribution is -0.115. The number of halogens is 1.